The van der Waals surface area contributed by atoms with Gasteiger partial charge in [0.2, 0.25) is 0 Å². The van der Waals surface area contributed by atoms with Crippen molar-refractivity contribution in [2.45, 2.75) is 65.8 Å². The number of aliphatic hydroxyl groups is 1. The van der Waals surface area contributed by atoms with Crippen molar-refractivity contribution in [1.82, 2.24) is 4.98 Å². The number of nitrogens with one attached hydrogen (secondary N) is 1. The van der Waals surface area contributed by atoms with Crippen molar-refractivity contribution in [2.24, 2.45) is 5.41 Å². The third-order valence-electron chi connectivity index (χ3n) is 5.38. The van der Waals surface area contributed by atoms with Gasteiger partial charge in [-0.05, 0) is 44.6 Å². The molecule has 1 aliphatic heterocycles. The van der Waals surface area contributed by atoms with E-state index in [4.69, 9.17) is 9.31 Å². The Morgan fingerprint density at radius 3 is 2.21 bits per heavy atom. The first-order valence-electron chi connectivity index (χ1n) is 8.57. The van der Waals surface area contributed by atoms with E-state index in [0.29, 0.717) is 0 Å². The van der Waals surface area contributed by atoms with E-state index in [1.165, 1.54) is 0 Å². The van der Waals surface area contributed by atoms with Crippen molar-refractivity contribution < 1.29 is 14.4 Å². The van der Waals surface area contributed by atoms with Gasteiger partial charge in [-0.15, -0.1) is 0 Å². The van der Waals surface area contributed by atoms with Gasteiger partial charge in [0, 0.05) is 22.7 Å². The highest BCUT2D eigenvalue weighted by Gasteiger charge is 2.51. The molecule has 5 heteroatoms. The highest BCUT2D eigenvalue weighted by Crippen LogP contribution is 2.38. The molecule has 130 valence electrons. The molecule has 0 spiro atoms. The standard InChI is InChI=1S/C19H28BNO3/c1-17(2,3)16(22)14-11-21-15-9-8-12(10-13(14)15)20-23-18(4,5)19(6,7)24-20/h8-11,16,21-22H,1-7H3. The number of rotatable bonds is 2. The number of benzene rings is 1. The Morgan fingerprint density at radius 1 is 1.08 bits per heavy atom. The molecule has 1 saturated heterocycles. The molecule has 2 N–H and O–H groups in total. The van der Waals surface area contributed by atoms with Gasteiger partial charge in [-0.2, -0.15) is 0 Å². The zero-order valence-electron chi connectivity index (χ0n) is 15.7. The van der Waals surface area contributed by atoms with Crippen LogP contribution in [0.5, 0.6) is 0 Å². The maximum Gasteiger partial charge on any atom is 0.494 e. The number of hydrogen-bond acceptors (Lipinski definition) is 3. The maximum absolute atomic E-state index is 10.7. The lowest BCUT2D eigenvalue weighted by Gasteiger charge is -2.32. The zero-order chi connectivity index (χ0) is 17.9. The van der Waals surface area contributed by atoms with Crippen LogP contribution in [0.25, 0.3) is 10.9 Å². The van der Waals surface area contributed by atoms with Crippen LogP contribution in [0.1, 0.15) is 60.1 Å². The molecule has 0 amide bonds. The second kappa shape index (κ2) is 5.35. The topological polar surface area (TPSA) is 54.5 Å². The van der Waals surface area contributed by atoms with E-state index in [1.807, 2.05) is 39.1 Å². The van der Waals surface area contributed by atoms with E-state index >= 15 is 0 Å². The number of H-pyrrole nitrogens is 1. The molecule has 1 aromatic carbocycles. The second-order valence-electron chi connectivity index (χ2n) is 8.91. The van der Waals surface area contributed by atoms with Gasteiger partial charge in [0.15, 0.2) is 0 Å². The quantitative estimate of drug-likeness (QED) is 0.829. The molecular weight excluding hydrogens is 301 g/mol. The van der Waals surface area contributed by atoms with Crippen molar-refractivity contribution in [3.8, 4) is 0 Å². The van der Waals surface area contributed by atoms with Gasteiger partial charge >= 0.3 is 7.12 Å². The fourth-order valence-corrected chi connectivity index (χ4v) is 2.98. The molecule has 2 heterocycles. The minimum atomic E-state index is -0.542. The van der Waals surface area contributed by atoms with E-state index in [2.05, 4.69) is 38.7 Å². The molecule has 1 unspecified atom stereocenters. The molecular formula is C19H28BNO3. The van der Waals surface area contributed by atoms with Crippen molar-refractivity contribution >= 4 is 23.5 Å². The number of hydrogen-bond donors (Lipinski definition) is 2. The summed E-state index contributed by atoms with van der Waals surface area (Å²) in [5.74, 6) is 0. The minimum absolute atomic E-state index is 0.227. The van der Waals surface area contributed by atoms with Crippen LogP contribution < -0.4 is 5.46 Å². The molecule has 1 fully saturated rings. The molecule has 0 aliphatic carbocycles. The van der Waals surface area contributed by atoms with Gasteiger partial charge in [0.05, 0.1) is 17.3 Å². The highest BCUT2D eigenvalue weighted by molar-refractivity contribution is 6.62. The summed E-state index contributed by atoms with van der Waals surface area (Å²) in [7, 11) is -0.395. The monoisotopic (exact) mass is 329 g/mol. The molecule has 24 heavy (non-hydrogen) atoms. The fraction of sp³-hybridized carbons (Fsp3) is 0.579. The molecule has 1 aliphatic rings. The summed E-state index contributed by atoms with van der Waals surface area (Å²) in [6.07, 6.45) is 1.36. The van der Waals surface area contributed by atoms with Gasteiger partial charge in [-0.1, -0.05) is 32.9 Å². The summed E-state index contributed by atoms with van der Waals surface area (Å²) in [6.45, 7) is 14.3. The van der Waals surface area contributed by atoms with Gasteiger partial charge in [0.25, 0.3) is 0 Å². The molecule has 0 bridgehead atoms. The molecule has 0 radical (unpaired) electrons. The Hall–Kier alpha value is -1.30. The van der Waals surface area contributed by atoms with Crippen LogP contribution in [-0.4, -0.2) is 28.4 Å². The predicted octanol–water partition coefficient (Wildman–Crippen LogP) is 3.55. The SMILES string of the molecule is CC(C)(C)C(O)c1c[nH]c2ccc(B3OC(C)(C)C(C)(C)O3)cc12. The van der Waals surface area contributed by atoms with Gasteiger partial charge in [0.1, 0.15) is 0 Å². The molecule has 1 atom stereocenters. The highest BCUT2D eigenvalue weighted by atomic mass is 16.7. The van der Waals surface area contributed by atoms with E-state index in [0.717, 1.165) is 21.9 Å². The zero-order valence-corrected chi connectivity index (χ0v) is 15.7. The lowest BCUT2D eigenvalue weighted by atomic mass is 9.77. The van der Waals surface area contributed by atoms with Crippen LogP contribution in [0, 0.1) is 5.41 Å². The summed E-state index contributed by atoms with van der Waals surface area (Å²) in [5, 5.41) is 11.7. The number of fused-ring (bicyclic) bond motifs is 1. The number of aromatic nitrogens is 1. The normalized spacial score (nSPS) is 21.4. The van der Waals surface area contributed by atoms with Crippen LogP contribution in [0.2, 0.25) is 0 Å². The van der Waals surface area contributed by atoms with Crippen LogP contribution in [-0.2, 0) is 9.31 Å². The van der Waals surface area contributed by atoms with Crippen LogP contribution in [0.4, 0.5) is 0 Å². The first-order valence-corrected chi connectivity index (χ1v) is 8.57. The van der Waals surface area contributed by atoms with Gasteiger partial charge in [-0.3, -0.25) is 0 Å². The smallest absolute Gasteiger partial charge is 0.399 e. The predicted molar refractivity (Wildman–Crippen MR) is 98.4 cm³/mol. The third-order valence-corrected chi connectivity index (χ3v) is 5.38. The molecule has 1 aromatic heterocycles. The lowest BCUT2D eigenvalue weighted by molar-refractivity contribution is 0.00578. The Morgan fingerprint density at radius 2 is 1.67 bits per heavy atom. The van der Waals surface area contributed by atoms with Crippen LogP contribution >= 0.6 is 0 Å². The minimum Gasteiger partial charge on any atom is -0.399 e. The third kappa shape index (κ3) is 2.79. The van der Waals surface area contributed by atoms with E-state index < -0.39 is 13.2 Å². The maximum atomic E-state index is 10.7. The average Bonchev–Trinajstić information content (AvgIpc) is 2.95. The van der Waals surface area contributed by atoms with Gasteiger partial charge < -0.3 is 19.4 Å². The van der Waals surface area contributed by atoms with E-state index in [1.54, 1.807) is 0 Å². The fourth-order valence-electron chi connectivity index (χ4n) is 2.98. The van der Waals surface area contributed by atoms with Crippen molar-refractivity contribution in [3.63, 3.8) is 0 Å². The first kappa shape index (κ1) is 17.5. The second-order valence-corrected chi connectivity index (χ2v) is 8.91. The lowest BCUT2D eigenvalue weighted by Crippen LogP contribution is -2.41. The van der Waals surface area contributed by atoms with Crippen molar-refractivity contribution in [1.29, 1.82) is 0 Å². The number of aliphatic hydroxyl groups excluding tert-OH is 1. The Kier molecular flexibility index (Phi) is 3.91. The van der Waals surface area contributed by atoms with Crippen LogP contribution in [0.15, 0.2) is 24.4 Å². The average molecular weight is 329 g/mol. The van der Waals surface area contributed by atoms with Gasteiger partial charge in [-0.25, -0.2) is 0 Å². The van der Waals surface area contributed by atoms with E-state index in [-0.39, 0.29) is 16.6 Å². The molecule has 4 nitrogen and oxygen atoms in total. The largest absolute Gasteiger partial charge is 0.494 e. The summed E-state index contributed by atoms with van der Waals surface area (Å²) >= 11 is 0. The summed E-state index contributed by atoms with van der Waals surface area (Å²) in [5.41, 5.74) is 1.94. The van der Waals surface area contributed by atoms with E-state index in [9.17, 15) is 5.11 Å². The van der Waals surface area contributed by atoms with Crippen molar-refractivity contribution in [3.05, 3.63) is 30.0 Å². The van der Waals surface area contributed by atoms with Crippen molar-refractivity contribution in [2.75, 3.05) is 0 Å². The molecule has 2 aromatic rings. The summed E-state index contributed by atoms with van der Waals surface area (Å²) in [4.78, 5) is 3.25. The molecule has 3 rings (SSSR count). The molecule has 0 saturated carbocycles. The first-order chi connectivity index (χ1) is 10.9. The Balaban J connectivity index is 2.00. The summed E-state index contributed by atoms with van der Waals surface area (Å²) < 4.78 is 12.3. The number of aromatic amines is 1. The summed E-state index contributed by atoms with van der Waals surface area (Å²) in [6, 6.07) is 6.11. The Labute approximate surface area is 144 Å². The Bertz CT molecular complexity index is 742. The van der Waals surface area contributed by atoms with Crippen LogP contribution in [0.3, 0.4) is 0 Å².